The van der Waals surface area contributed by atoms with Gasteiger partial charge in [0.15, 0.2) is 6.10 Å². The summed E-state index contributed by atoms with van der Waals surface area (Å²) >= 11 is 0. The highest BCUT2D eigenvalue weighted by Gasteiger charge is 2.16. The Bertz CT molecular complexity index is 845. The van der Waals surface area contributed by atoms with Crippen molar-refractivity contribution in [2.45, 2.75) is 40.2 Å². The van der Waals surface area contributed by atoms with E-state index in [4.69, 9.17) is 4.74 Å². The Morgan fingerprint density at radius 2 is 1.48 bits per heavy atom. The Kier molecular flexibility index (Phi) is 7.77. The van der Waals surface area contributed by atoms with Gasteiger partial charge in [-0.25, -0.2) is 0 Å². The van der Waals surface area contributed by atoms with Crippen LogP contribution in [0.15, 0.2) is 48.5 Å². The molecule has 7 heteroatoms. The van der Waals surface area contributed by atoms with Gasteiger partial charge in [0.25, 0.3) is 11.8 Å². The number of aryl methyl sites for hydroxylation is 1. The second kappa shape index (κ2) is 10.3. The van der Waals surface area contributed by atoms with E-state index in [-0.39, 0.29) is 11.8 Å². The van der Waals surface area contributed by atoms with Gasteiger partial charge in [0.05, 0.1) is 0 Å². The summed E-state index contributed by atoms with van der Waals surface area (Å²) in [6, 6.07) is 13.9. The van der Waals surface area contributed by atoms with E-state index in [1.807, 2.05) is 12.1 Å². The SMILES string of the molecule is CCc1ccc(O[C@@H](C)C(=O)NNC(=O)c2ccc(NC(=O)C(C)C)cc2)cc1. The number of amides is 3. The van der Waals surface area contributed by atoms with Gasteiger partial charge < -0.3 is 10.1 Å². The second-order valence-corrected chi connectivity index (χ2v) is 6.92. The number of hydrogen-bond acceptors (Lipinski definition) is 4. The molecule has 3 N–H and O–H groups in total. The fraction of sp³-hybridized carbons (Fsp3) is 0.318. The molecular weight excluding hydrogens is 370 g/mol. The first-order valence-electron chi connectivity index (χ1n) is 9.56. The molecule has 2 aromatic rings. The van der Waals surface area contributed by atoms with Crippen molar-refractivity contribution in [2.24, 2.45) is 5.92 Å². The van der Waals surface area contributed by atoms with E-state index in [2.05, 4.69) is 23.1 Å². The summed E-state index contributed by atoms with van der Waals surface area (Å²) < 4.78 is 5.58. The zero-order valence-electron chi connectivity index (χ0n) is 17.1. The third-order valence-corrected chi connectivity index (χ3v) is 4.25. The maximum atomic E-state index is 12.2. The molecule has 154 valence electrons. The van der Waals surface area contributed by atoms with Crippen molar-refractivity contribution in [2.75, 3.05) is 5.32 Å². The normalized spacial score (nSPS) is 11.5. The molecule has 0 unspecified atom stereocenters. The van der Waals surface area contributed by atoms with Gasteiger partial charge in [-0.2, -0.15) is 0 Å². The molecule has 0 aliphatic carbocycles. The minimum absolute atomic E-state index is 0.104. The fourth-order valence-electron chi connectivity index (χ4n) is 2.35. The van der Waals surface area contributed by atoms with Crippen LogP contribution in [0.1, 0.15) is 43.6 Å². The van der Waals surface area contributed by atoms with Gasteiger partial charge in [-0.15, -0.1) is 0 Å². The number of ether oxygens (including phenoxy) is 1. The van der Waals surface area contributed by atoms with Crippen LogP contribution in [0, 0.1) is 5.92 Å². The minimum atomic E-state index is -0.781. The number of anilines is 1. The van der Waals surface area contributed by atoms with E-state index < -0.39 is 17.9 Å². The van der Waals surface area contributed by atoms with Crippen LogP contribution in [0.3, 0.4) is 0 Å². The Labute approximate surface area is 170 Å². The van der Waals surface area contributed by atoms with Gasteiger partial charge in [-0.05, 0) is 55.3 Å². The summed E-state index contributed by atoms with van der Waals surface area (Å²) in [6.07, 6.45) is 0.143. The summed E-state index contributed by atoms with van der Waals surface area (Å²) in [4.78, 5) is 36.0. The van der Waals surface area contributed by atoms with E-state index in [1.165, 1.54) is 5.56 Å². The van der Waals surface area contributed by atoms with Crippen molar-refractivity contribution in [1.82, 2.24) is 10.9 Å². The van der Waals surface area contributed by atoms with Crippen LogP contribution < -0.4 is 20.9 Å². The number of nitrogens with one attached hydrogen (secondary N) is 3. The maximum absolute atomic E-state index is 12.2. The smallest absolute Gasteiger partial charge is 0.279 e. The quantitative estimate of drug-likeness (QED) is 0.626. The molecule has 1 atom stereocenters. The Morgan fingerprint density at radius 1 is 0.862 bits per heavy atom. The summed E-state index contributed by atoms with van der Waals surface area (Å²) in [7, 11) is 0. The van der Waals surface area contributed by atoms with Crippen molar-refractivity contribution in [3.05, 3.63) is 59.7 Å². The molecule has 2 rings (SSSR count). The highest BCUT2D eigenvalue weighted by Crippen LogP contribution is 2.14. The Morgan fingerprint density at radius 3 is 2.03 bits per heavy atom. The van der Waals surface area contributed by atoms with Crippen LogP contribution in [0.5, 0.6) is 5.75 Å². The zero-order chi connectivity index (χ0) is 21.4. The monoisotopic (exact) mass is 397 g/mol. The first kappa shape index (κ1) is 21.9. The molecule has 0 heterocycles. The van der Waals surface area contributed by atoms with Crippen LogP contribution >= 0.6 is 0 Å². The number of hydrazine groups is 1. The number of carbonyl (C=O) groups is 3. The first-order valence-corrected chi connectivity index (χ1v) is 9.56. The topological polar surface area (TPSA) is 96.5 Å². The molecule has 0 aliphatic heterocycles. The van der Waals surface area contributed by atoms with Gasteiger partial charge in [-0.1, -0.05) is 32.9 Å². The Hall–Kier alpha value is -3.35. The molecule has 3 amide bonds. The molecule has 0 aromatic heterocycles. The first-order chi connectivity index (χ1) is 13.8. The highest BCUT2D eigenvalue weighted by molar-refractivity contribution is 5.97. The van der Waals surface area contributed by atoms with Crippen LogP contribution in [-0.2, 0) is 16.0 Å². The average molecular weight is 397 g/mol. The van der Waals surface area contributed by atoms with Gasteiger partial charge >= 0.3 is 0 Å². The van der Waals surface area contributed by atoms with E-state index in [0.717, 1.165) is 6.42 Å². The van der Waals surface area contributed by atoms with Crippen molar-refractivity contribution in [3.8, 4) is 5.75 Å². The molecular formula is C22H27N3O4. The summed E-state index contributed by atoms with van der Waals surface area (Å²) in [5.74, 6) is -0.608. The van der Waals surface area contributed by atoms with Crippen molar-refractivity contribution >= 4 is 23.4 Å². The van der Waals surface area contributed by atoms with Gasteiger partial charge in [-0.3, -0.25) is 25.2 Å². The Balaban J connectivity index is 1.83. The minimum Gasteiger partial charge on any atom is -0.481 e. The number of hydrogen-bond donors (Lipinski definition) is 3. The molecule has 0 bridgehead atoms. The standard InChI is InChI=1S/C22H27N3O4/c1-5-16-6-12-19(13-7-16)29-15(4)21(27)24-25-22(28)17-8-10-18(11-9-17)23-20(26)14(2)3/h6-15H,5H2,1-4H3,(H,23,26)(H,24,27)(H,25,28)/t15-/m0/s1. The molecule has 0 spiro atoms. The van der Waals surface area contributed by atoms with Gasteiger partial charge in [0, 0.05) is 17.2 Å². The fourth-order valence-corrected chi connectivity index (χ4v) is 2.35. The molecule has 0 saturated heterocycles. The van der Waals surface area contributed by atoms with E-state index in [9.17, 15) is 14.4 Å². The highest BCUT2D eigenvalue weighted by atomic mass is 16.5. The molecule has 0 fully saturated rings. The predicted molar refractivity (Wildman–Crippen MR) is 111 cm³/mol. The van der Waals surface area contributed by atoms with Crippen LogP contribution in [0.25, 0.3) is 0 Å². The largest absolute Gasteiger partial charge is 0.481 e. The average Bonchev–Trinajstić information content (AvgIpc) is 2.72. The third-order valence-electron chi connectivity index (χ3n) is 4.25. The zero-order valence-corrected chi connectivity index (χ0v) is 17.1. The summed E-state index contributed by atoms with van der Waals surface area (Å²) in [5, 5.41) is 2.75. The van der Waals surface area contributed by atoms with Gasteiger partial charge in [0.2, 0.25) is 5.91 Å². The lowest BCUT2D eigenvalue weighted by atomic mass is 10.1. The molecule has 7 nitrogen and oxygen atoms in total. The lowest BCUT2D eigenvalue weighted by molar-refractivity contribution is -0.128. The van der Waals surface area contributed by atoms with Crippen molar-refractivity contribution < 1.29 is 19.1 Å². The third kappa shape index (κ3) is 6.64. The van der Waals surface area contributed by atoms with Crippen molar-refractivity contribution in [3.63, 3.8) is 0 Å². The van der Waals surface area contributed by atoms with E-state index in [0.29, 0.717) is 17.0 Å². The number of rotatable bonds is 7. The molecule has 0 radical (unpaired) electrons. The molecule has 29 heavy (non-hydrogen) atoms. The van der Waals surface area contributed by atoms with Gasteiger partial charge in [0.1, 0.15) is 5.75 Å². The maximum Gasteiger partial charge on any atom is 0.279 e. The molecule has 2 aromatic carbocycles. The van der Waals surface area contributed by atoms with Crippen LogP contribution in [-0.4, -0.2) is 23.8 Å². The number of carbonyl (C=O) groups excluding carboxylic acids is 3. The molecule has 0 saturated carbocycles. The lowest BCUT2D eigenvalue weighted by Gasteiger charge is -2.15. The van der Waals surface area contributed by atoms with E-state index in [1.54, 1.807) is 57.2 Å². The van der Waals surface area contributed by atoms with Crippen LogP contribution in [0.2, 0.25) is 0 Å². The number of benzene rings is 2. The second-order valence-electron chi connectivity index (χ2n) is 6.92. The lowest BCUT2D eigenvalue weighted by Crippen LogP contribution is -2.47. The predicted octanol–water partition coefficient (Wildman–Crippen LogP) is 3.07. The van der Waals surface area contributed by atoms with E-state index >= 15 is 0 Å². The molecule has 0 aliphatic rings. The van der Waals surface area contributed by atoms with Crippen molar-refractivity contribution in [1.29, 1.82) is 0 Å². The summed E-state index contributed by atoms with van der Waals surface area (Å²) in [6.45, 7) is 7.25. The van der Waals surface area contributed by atoms with Crippen LogP contribution in [0.4, 0.5) is 5.69 Å². The summed E-state index contributed by atoms with van der Waals surface area (Å²) in [5.41, 5.74) is 6.83.